The van der Waals surface area contributed by atoms with Crippen LogP contribution in [0, 0.1) is 0 Å². The molecule has 0 amide bonds. The molecule has 1 atom stereocenters. The van der Waals surface area contributed by atoms with Gasteiger partial charge in [0.1, 0.15) is 0 Å². The van der Waals surface area contributed by atoms with E-state index in [2.05, 4.69) is 16.7 Å². The molecule has 4 nitrogen and oxygen atoms in total. The van der Waals surface area contributed by atoms with Gasteiger partial charge >= 0.3 is 0 Å². The summed E-state index contributed by atoms with van der Waals surface area (Å²) in [5, 5.41) is 6.45. The highest BCUT2D eigenvalue weighted by molar-refractivity contribution is 5.43. The monoisotopic (exact) mass is 238 g/mol. The highest BCUT2D eigenvalue weighted by atomic mass is 16.5. The maximum Gasteiger partial charge on any atom is 0.160 e. The van der Waals surface area contributed by atoms with Crippen LogP contribution in [0.2, 0.25) is 0 Å². The first kappa shape index (κ1) is 13.8. The Hall–Kier alpha value is -1.26. The van der Waals surface area contributed by atoms with Crippen LogP contribution in [-0.2, 0) is 6.42 Å². The number of nitrogens with one attached hydrogen (secondary N) is 2. The Morgan fingerprint density at radius 1 is 1.12 bits per heavy atom. The molecule has 0 heterocycles. The van der Waals surface area contributed by atoms with Gasteiger partial charge in [-0.25, -0.2) is 0 Å². The summed E-state index contributed by atoms with van der Waals surface area (Å²) in [5.74, 6) is 1.55. The molecule has 1 rings (SSSR count). The molecular weight excluding hydrogens is 216 g/mol. The Labute approximate surface area is 103 Å². The van der Waals surface area contributed by atoms with Gasteiger partial charge in [0.2, 0.25) is 0 Å². The molecule has 1 aromatic carbocycles. The van der Waals surface area contributed by atoms with Crippen LogP contribution in [0.3, 0.4) is 0 Å². The zero-order valence-corrected chi connectivity index (χ0v) is 11.0. The fraction of sp³-hybridized carbons (Fsp3) is 0.538. The summed E-state index contributed by atoms with van der Waals surface area (Å²) in [6.07, 6.45) is 0.956. The van der Waals surface area contributed by atoms with Crippen LogP contribution in [-0.4, -0.2) is 40.9 Å². The number of benzene rings is 1. The second-order valence-corrected chi connectivity index (χ2v) is 3.94. The predicted octanol–water partition coefficient (Wildman–Crippen LogP) is 1.05. The van der Waals surface area contributed by atoms with E-state index in [1.54, 1.807) is 14.2 Å². The number of likely N-dealkylation sites (N-methyl/N-ethyl adjacent to an activating group) is 2. The van der Waals surface area contributed by atoms with E-state index in [1.807, 2.05) is 26.2 Å². The Kier molecular flexibility index (Phi) is 5.80. The van der Waals surface area contributed by atoms with Gasteiger partial charge in [0.05, 0.1) is 14.2 Å². The second-order valence-electron chi connectivity index (χ2n) is 3.94. The van der Waals surface area contributed by atoms with Crippen LogP contribution in [0.4, 0.5) is 0 Å². The fourth-order valence-electron chi connectivity index (χ4n) is 1.81. The van der Waals surface area contributed by atoms with Crippen LogP contribution in [0.1, 0.15) is 5.56 Å². The molecule has 0 aromatic heterocycles. The molecule has 0 aliphatic rings. The van der Waals surface area contributed by atoms with Gasteiger partial charge in [-0.2, -0.15) is 0 Å². The SMILES string of the molecule is CNCC(Cc1ccc(OC)c(OC)c1)NC. The largest absolute Gasteiger partial charge is 0.493 e. The van der Waals surface area contributed by atoms with Crippen molar-refractivity contribution in [3.05, 3.63) is 23.8 Å². The molecule has 0 saturated carbocycles. The summed E-state index contributed by atoms with van der Waals surface area (Å²) in [6.45, 7) is 0.935. The lowest BCUT2D eigenvalue weighted by atomic mass is 10.1. The lowest BCUT2D eigenvalue weighted by Gasteiger charge is -2.16. The van der Waals surface area contributed by atoms with Crippen molar-refractivity contribution in [1.82, 2.24) is 10.6 Å². The maximum atomic E-state index is 5.29. The highest BCUT2D eigenvalue weighted by Crippen LogP contribution is 2.27. The molecule has 96 valence electrons. The topological polar surface area (TPSA) is 42.5 Å². The van der Waals surface area contributed by atoms with E-state index in [1.165, 1.54) is 5.56 Å². The number of methoxy groups -OCH3 is 2. The number of ether oxygens (including phenoxy) is 2. The minimum absolute atomic E-state index is 0.415. The molecule has 1 unspecified atom stereocenters. The summed E-state index contributed by atoms with van der Waals surface area (Å²) < 4.78 is 10.5. The summed E-state index contributed by atoms with van der Waals surface area (Å²) in [7, 11) is 7.24. The third-order valence-corrected chi connectivity index (χ3v) is 2.79. The maximum absolute atomic E-state index is 5.29. The first-order valence-corrected chi connectivity index (χ1v) is 5.78. The first-order valence-electron chi connectivity index (χ1n) is 5.78. The molecule has 17 heavy (non-hydrogen) atoms. The van der Waals surface area contributed by atoms with Gasteiger partial charge in [0, 0.05) is 12.6 Å². The number of hydrogen-bond donors (Lipinski definition) is 2. The molecule has 4 heteroatoms. The number of rotatable bonds is 7. The zero-order valence-electron chi connectivity index (χ0n) is 11.0. The zero-order chi connectivity index (χ0) is 12.7. The summed E-state index contributed by atoms with van der Waals surface area (Å²) in [5.41, 5.74) is 1.23. The first-order chi connectivity index (χ1) is 8.24. The van der Waals surface area contributed by atoms with Crippen LogP contribution >= 0.6 is 0 Å². The molecule has 0 bridgehead atoms. The third kappa shape index (κ3) is 3.91. The van der Waals surface area contributed by atoms with E-state index in [9.17, 15) is 0 Å². The van der Waals surface area contributed by atoms with Crippen molar-refractivity contribution in [2.75, 3.05) is 34.9 Å². The van der Waals surface area contributed by atoms with Gasteiger partial charge in [-0.05, 0) is 38.2 Å². The molecule has 1 aromatic rings. The van der Waals surface area contributed by atoms with Gasteiger partial charge < -0.3 is 20.1 Å². The average molecular weight is 238 g/mol. The van der Waals surface area contributed by atoms with Gasteiger partial charge in [-0.15, -0.1) is 0 Å². The summed E-state index contributed by atoms with van der Waals surface area (Å²) >= 11 is 0. The smallest absolute Gasteiger partial charge is 0.160 e. The predicted molar refractivity (Wildman–Crippen MR) is 70.0 cm³/mol. The van der Waals surface area contributed by atoms with E-state index >= 15 is 0 Å². The van der Waals surface area contributed by atoms with E-state index in [0.717, 1.165) is 24.5 Å². The standard InChI is InChI=1S/C13H22N2O2/c1-14-9-11(15-2)7-10-5-6-12(16-3)13(8-10)17-4/h5-6,8,11,14-15H,7,9H2,1-4H3. The molecule has 0 spiro atoms. The van der Waals surface area contributed by atoms with Crippen molar-refractivity contribution in [3.8, 4) is 11.5 Å². The van der Waals surface area contributed by atoms with Crippen molar-refractivity contribution in [1.29, 1.82) is 0 Å². The van der Waals surface area contributed by atoms with E-state index in [-0.39, 0.29) is 0 Å². The molecule has 0 aliphatic carbocycles. The van der Waals surface area contributed by atoms with Gasteiger partial charge in [0.15, 0.2) is 11.5 Å². The van der Waals surface area contributed by atoms with Crippen LogP contribution in [0.5, 0.6) is 11.5 Å². The van der Waals surface area contributed by atoms with Crippen molar-refractivity contribution in [3.63, 3.8) is 0 Å². The van der Waals surface area contributed by atoms with E-state index < -0.39 is 0 Å². The van der Waals surface area contributed by atoms with E-state index in [4.69, 9.17) is 9.47 Å². The average Bonchev–Trinajstić information content (AvgIpc) is 2.38. The molecule has 2 N–H and O–H groups in total. The molecule has 0 fully saturated rings. The lowest BCUT2D eigenvalue weighted by Crippen LogP contribution is -2.36. The molecule has 0 saturated heterocycles. The summed E-state index contributed by atoms with van der Waals surface area (Å²) in [6, 6.07) is 6.46. The molecular formula is C13H22N2O2. The lowest BCUT2D eigenvalue weighted by molar-refractivity contribution is 0.354. The Balaban J connectivity index is 2.77. The van der Waals surface area contributed by atoms with Gasteiger partial charge in [-0.1, -0.05) is 6.07 Å². The van der Waals surface area contributed by atoms with Gasteiger partial charge in [0.25, 0.3) is 0 Å². The van der Waals surface area contributed by atoms with Crippen molar-refractivity contribution in [2.45, 2.75) is 12.5 Å². The van der Waals surface area contributed by atoms with Crippen LogP contribution in [0.15, 0.2) is 18.2 Å². The van der Waals surface area contributed by atoms with Gasteiger partial charge in [-0.3, -0.25) is 0 Å². The summed E-state index contributed by atoms with van der Waals surface area (Å²) in [4.78, 5) is 0. The van der Waals surface area contributed by atoms with Crippen LogP contribution in [0.25, 0.3) is 0 Å². The minimum atomic E-state index is 0.415. The van der Waals surface area contributed by atoms with E-state index in [0.29, 0.717) is 6.04 Å². The van der Waals surface area contributed by atoms with Crippen LogP contribution < -0.4 is 20.1 Å². The minimum Gasteiger partial charge on any atom is -0.493 e. The molecule has 0 aliphatic heterocycles. The Morgan fingerprint density at radius 2 is 1.82 bits per heavy atom. The number of hydrogen-bond acceptors (Lipinski definition) is 4. The van der Waals surface area contributed by atoms with Crippen molar-refractivity contribution < 1.29 is 9.47 Å². The highest BCUT2D eigenvalue weighted by Gasteiger charge is 2.09. The third-order valence-electron chi connectivity index (χ3n) is 2.79. The molecule has 0 radical (unpaired) electrons. The quantitative estimate of drug-likeness (QED) is 0.745. The Morgan fingerprint density at radius 3 is 2.35 bits per heavy atom. The second kappa shape index (κ2) is 7.14. The normalized spacial score (nSPS) is 12.2. The Bertz CT molecular complexity index is 342. The van der Waals surface area contributed by atoms with Crippen molar-refractivity contribution in [2.24, 2.45) is 0 Å². The van der Waals surface area contributed by atoms with Crippen molar-refractivity contribution >= 4 is 0 Å². The fourth-order valence-corrected chi connectivity index (χ4v) is 1.81.